The van der Waals surface area contributed by atoms with E-state index >= 15 is 0 Å². The first-order valence-electron chi connectivity index (χ1n) is 10.5. The van der Waals surface area contributed by atoms with Crippen molar-refractivity contribution in [2.24, 2.45) is 0 Å². The largest absolute Gasteiger partial charge is 0.446 e. The Bertz CT molecular complexity index is 987. The Labute approximate surface area is 180 Å². The third-order valence-corrected chi connectivity index (χ3v) is 5.42. The summed E-state index contributed by atoms with van der Waals surface area (Å²) in [6.07, 6.45) is -3.07. The van der Waals surface area contributed by atoms with Crippen molar-refractivity contribution in [3.63, 3.8) is 0 Å². The van der Waals surface area contributed by atoms with E-state index in [0.717, 1.165) is 18.6 Å². The Morgan fingerprint density at radius 2 is 1.61 bits per heavy atom. The topological polar surface area (TPSA) is 38.1 Å². The van der Waals surface area contributed by atoms with Crippen LogP contribution in [-0.2, 0) is 17.9 Å². The lowest BCUT2D eigenvalue weighted by molar-refractivity contribution is -0.156. The Balaban J connectivity index is 0.000000401. The van der Waals surface area contributed by atoms with Gasteiger partial charge in [0.1, 0.15) is 5.82 Å². The van der Waals surface area contributed by atoms with E-state index in [0.29, 0.717) is 5.92 Å². The first-order valence-corrected chi connectivity index (χ1v) is 10.5. The molecule has 0 aliphatic carbocycles. The van der Waals surface area contributed by atoms with Crippen LogP contribution in [0.2, 0.25) is 0 Å². The maximum atomic E-state index is 10.4. The molecule has 0 amide bonds. The maximum absolute atomic E-state index is 10.4. The first-order chi connectivity index (χ1) is 14.8. The maximum Gasteiger partial charge on any atom is 0.446 e. The van der Waals surface area contributed by atoms with Gasteiger partial charge in [0, 0.05) is 6.54 Å². The van der Waals surface area contributed by atoms with Gasteiger partial charge in [-0.05, 0) is 55.1 Å². The third-order valence-electron chi connectivity index (χ3n) is 5.42. The van der Waals surface area contributed by atoms with Crippen molar-refractivity contribution in [2.75, 3.05) is 13.1 Å². The van der Waals surface area contributed by atoms with Crippen molar-refractivity contribution in [3.8, 4) is 0 Å². The summed E-state index contributed by atoms with van der Waals surface area (Å²) in [6, 6.07) is 17.6. The normalized spacial score (nSPS) is 14.6. The molecule has 4 rings (SSSR count). The van der Waals surface area contributed by atoms with E-state index in [4.69, 9.17) is 9.78 Å². The van der Waals surface area contributed by atoms with Gasteiger partial charge in [-0.1, -0.05) is 50.2 Å². The van der Waals surface area contributed by atoms with Gasteiger partial charge in [0.25, 0.3) is 0 Å². The summed E-state index contributed by atoms with van der Waals surface area (Å²) < 4.78 is 33.7. The lowest BCUT2D eigenvalue weighted by Crippen LogP contribution is -2.21. The van der Waals surface area contributed by atoms with Crippen LogP contribution in [0.3, 0.4) is 0 Å². The number of rotatable bonds is 5. The van der Waals surface area contributed by atoms with Crippen molar-refractivity contribution in [1.29, 1.82) is 0 Å². The molecule has 31 heavy (non-hydrogen) atoms. The molecule has 0 unspecified atom stereocenters. The van der Waals surface area contributed by atoms with Gasteiger partial charge in [-0.25, -0.2) is 4.98 Å². The summed E-state index contributed by atoms with van der Waals surface area (Å²) in [5.41, 5.74) is 5.09. The second kappa shape index (κ2) is 10.1. The van der Waals surface area contributed by atoms with E-state index in [9.17, 15) is 13.2 Å². The van der Waals surface area contributed by atoms with Crippen LogP contribution in [0.4, 0.5) is 13.2 Å². The minimum atomic E-state index is -4.64. The quantitative estimate of drug-likeness (QED) is 0.497. The van der Waals surface area contributed by atoms with Crippen LogP contribution in [-0.4, -0.2) is 40.0 Å². The van der Waals surface area contributed by atoms with Gasteiger partial charge in [0.2, 0.25) is 6.29 Å². The first kappa shape index (κ1) is 23.0. The highest BCUT2D eigenvalue weighted by atomic mass is 19.4. The number of alkyl halides is 3. The van der Waals surface area contributed by atoms with E-state index in [1.165, 1.54) is 48.4 Å². The highest BCUT2D eigenvalue weighted by molar-refractivity contribution is 5.76. The predicted octanol–water partition coefficient (Wildman–Crippen LogP) is 5.55. The molecule has 2 heterocycles. The average Bonchev–Trinajstić information content (AvgIpc) is 3.37. The zero-order valence-electron chi connectivity index (χ0n) is 17.9. The lowest BCUT2D eigenvalue weighted by atomic mass is 10.0. The number of benzene rings is 2. The van der Waals surface area contributed by atoms with Crippen molar-refractivity contribution < 1.29 is 18.0 Å². The average molecular weight is 432 g/mol. The Morgan fingerprint density at radius 1 is 1.00 bits per heavy atom. The Hall–Kier alpha value is -2.67. The van der Waals surface area contributed by atoms with E-state index in [1.807, 2.05) is 0 Å². The molecule has 7 heteroatoms. The van der Waals surface area contributed by atoms with E-state index in [1.54, 1.807) is 0 Å². The summed E-state index contributed by atoms with van der Waals surface area (Å²) in [6.45, 7) is 8.73. The number of aromatic nitrogens is 2. The molecular weight excluding hydrogens is 403 g/mol. The third kappa shape index (κ3) is 6.40. The molecule has 0 saturated carbocycles. The van der Waals surface area contributed by atoms with Crippen LogP contribution in [0.5, 0.6) is 0 Å². The van der Waals surface area contributed by atoms with Crippen LogP contribution < -0.4 is 0 Å². The number of carbonyl (C=O) groups excluding carboxylic acids is 1. The molecule has 2 aromatic carbocycles. The minimum absolute atomic E-state index is 0.578. The zero-order chi connectivity index (χ0) is 22.4. The number of para-hydroxylation sites is 2. The highest BCUT2D eigenvalue weighted by Crippen LogP contribution is 2.22. The van der Waals surface area contributed by atoms with Gasteiger partial charge in [0.05, 0.1) is 17.6 Å². The summed E-state index contributed by atoms with van der Waals surface area (Å²) in [5.74, 6) is 1.77. The number of aldehydes is 1. The molecular formula is C24H28F3N3O. The summed E-state index contributed by atoms with van der Waals surface area (Å²) in [4.78, 5) is 16.2. The molecule has 166 valence electrons. The minimum Gasteiger partial charge on any atom is -0.322 e. The standard InChI is InChI=1S/C22H27N3.C2HF3O/c1-17(2)19-11-9-18(10-12-19)15-25-21-8-4-3-7-20(21)23-22(25)16-24-13-5-6-14-24;3-2(4,5)1-6/h3-4,7-12,17H,5-6,13-16H2,1-2H3;1H. The van der Waals surface area contributed by atoms with Gasteiger partial charge in [0.15, 0.2) is 0 Å². The Morgan fingerprint density at radius 3 is 2.19 bits per heavy atom. The molecule has 3 aromatic rings. The molecule has 1 saturated heterocycles. The highest BCUT2D eigenvalue weighted by Gasteiger charge is 2.25. The molecule has 1 fully saturated rings. The monoisotopic (exact) mass is 431 g/mol. The molecule has 1 aromatic heterocycles. The predicted molar refractivity (Wildman–Crippen MR) is 116 cm³/mol. The van der Waals surface area contributed by atoms with E-state index in [2.05, 4.69) is 71.8 Å². The van der Waals surface area contributed by atoms with E-state index in [-0.39, 0.29) is 0 Å². The molecule has 4 nitrogen and oxygen atoms in total. The second-order valence-electron chi connectivity index (χ2n) is 8.14. The number of hydrogen-bond acceptors (Lipinski definition) is 3. The molecule has 0 N–H and O–H groups in total. The van der Waals surface area contributed by atoms with Crippen LogP contribution >= 0.6 is 0 Å². The number of halogens is 3. The van der Waals surface area contributed by atoms with Gasteiger partial charge in [-0.2, -0.15) is 13.2 Å². The fraction of sp³-hybridized carbons (Fsp3) is 0.417. The second-order valence-corrected chi connectivity index (χ2v) is 8.14. The van der Waals surface area contributed by atoms with Gasteiger partial charge < -0.3 is 4.57 Å². The van der Waals surface area contributed by atoms with Crippen LogP contribution in [0.15, 0.2) is 48.5 Å². The van der Waals surface area contributed by atoms with Crippen LogP contribution in [0.1, 0.15) is 49.6 Å². The summed E-state index contributed by atoms with van der Waals surface area (Å²) in [7, 11) is 0. The van der Waals surface area contributed by atoms with E-state index < -0.39 is 12.5 Å². The van der Waals surface area contributed by atoms with Crippen molar-refractivity contribution in [1.82, 2.24) is 14.5 Å². The number of likely N-dealkylation sites (tertiary alicyclic amines) is 1. The van der Waals surface area contributed by atoms with Gasteiger partial charge >= 0.3 is 6.18 Å². The molecule has 0 bridgehead atoms. The summed E-state index contributed by atoms with van der Waals surface area (Å²) >= 11 is 0. The van der Waals surface area contributed by atoms with Gasteiger partial charge in [-0.15, -0.1) is 0 Å². The van der Waals surface area contributed by atoms with Crippen LogP contribution in [0, 0.1) is 0 Å². The van der Waals surface area contributed by atoms with Crippen LogP contribution in [0.25, 0.3) is 11.0 Å². The molecule has 0 atom stereocenters. The van der Waals surface area contributed by atoms with Crippen molar-refractivity contribution in [3.05, 3.63) is 65.5 Å². The number of carbonyl (C=O) groups is 1. The number of fused-ring (bicyclic) bond motifs is 1. The van der Waals surface area contributed by atoms with Gasteiger partial charge in [-0.3, -0.25) is 9.69 Å². The molecule has 1 aliphatic heterocycles. The fourth-order valence-electron chi connectivity index (χ4n) is 3.75. The lowest BCUT2D eigenvalue weighted by Gasteiger charge is -2.16. The smallest absolute Gasteiger partial charge is 0.322 e. The molecule has 0 spiro atoms. The number of imidazole rings is 1. The molecule has 0 radical (unpaired) electrons. The number of nitrogens with zero attached hydrogens (tertiary/aromatic N) is 3. The fourth-order valence-corrected chi connectivity index (χ4v) is 3.75. The zero-order valence-corrected chi connectivity index (χ0v) is 17.9. The van der Waals surface area contributed by atoms with Crippen molar-refractivity contribution >= 4 is 17.3 Å². The van der Waals surface area contributed by atoms with Crippen molar-refractivity contribution in [2.45, 2.75) is 51.9 Å². The Kier molecular flexibility index (Phi) is 7.49. The molecule has 1 aliphatic rings. The summed E-state index contributed by atoms with van der Waals surface area (Å²) in [5, 5.41) is 0. The number of hydrogen-bond donors (Lipinski definition) is 0. The SMILES string of the molecule is CC(C)c1ccc(Cn2c(CN3CCCC3)nc3ccccc32)cc1.O=CC(F)(F)F.